The van der Waals surface area contributed by atoms with Crippen molar-refractivity contribution in [2.75, 3.05) is 6.54 Å². The van der Waals surface area contributed by atoms with E-state index in [9.17, 15) is 13.6 Å². The maximum Gasteiger partial charge on any atom is 0.263 e. The highest BCUT2D eigenvalue weighted by atomic mass is 32.1. The Balaban J connectivity index is 1.69. The second-order valence-corrected chi connectivity index (χ2v) is 7.14. The molecule has 0 atom stereocenters. The second-order valence-electron chi connectivity index (χ2n) is 6.14. The number of aryl methyl sites for hydroxylation is 1. The Morgan fingerprint density at radius 2 is 2.04 bits per heavy atom. The van der Waals surface area contributed by atoms with Crippen LogP contribution in [0.25, 0.3) is 10.6 Å². The molecule has 1 aliphatic rings. The van der Waals surface area contributed by atoms with Crippen LogP contribution in [0.4, 0.5) is 8.78 Å². The molecule has 3 nitrogen and oxygen atoms in total. The van der Waals surface area contributed by atoms with E-state index < -0.39 is 11.6 Å². The van der Waals surface area contributed by atoms with Crippen LogP contribution in [-0.2, 0) is 0 Å². The molecule has 1 aromatic carbocycles. The molecule has 25 heavy (non-hydrogen) atoms. The molecule has 1 N–H and O–H groups in total. The third-order valence-corrected chi connectivity index (χ3v) is 5.47. The number of nitrogens with zero attached hydrogens (tertiary/aromatic N) is 1. The van der Waals surface area contributed by atoms with Crippen LogP contribution in [0.5, 0.6) is 0 Å². The van der Waals surface area contributed by atoms with Crippen molar-refractivity contribution in [2.45, 2.75) is 39.0 Å². The minimum atomic E-state index is -0.676. The van der Waals surface area contributed by atoms with Gasteiger partial charge in [0.1, 0.15) is 21.5 Å². The van der Waals surface area contributed by atoms with Gasteiger partial charge in [-0.3, -0.25) is 4.79 Å². The fourth-order valence-corrected chi connectivity index (χ4v) is 4.00. The number of nitrogens with one attached hydrogen (secondary N) is 1. The lowest BCUT2D eigenvalue weighted by molar-refractivity contribution is 0.0957. The van der Waals surface area contributed by atoms with Gasteiger partial charge in [0.25, 0.3) is 5.91 Å². The van der Waals surface area contributed by atoms with Gasteiger partial charge in [0.2, 0.25) is 0 Å². The number of hydrogen-bond acceptors (Lipinski definition) is 3. The molecule has 0 fully saturated rings. The molecule has 2 aromatic rings. The van der Waals surface area contributed by atoms with Crippen LogP contribution in [0.1, 0.15) is 47.5 Å². The number of aromatic nitrogens is 1. The Hall–Kier alpha value is -2.08. The van der Waals surface area contributed by atoms with Gasteiger partial charge in [-0.1, -0.05) is 17.7 Å². The number of thiazole rings is 1. The Bertz CT molecular complexity index is 794. The lowest BCUT2D eigenvalue weighted by Gasteiger charge is -2.12. The first kappa shape index (κ1) is 17.7. The van der Waals surface area contributed by atoms with Gasteiger partial charge in [-0.25, -0.2) is 13.8 Å². The smallest absolute Gasteiger partial charge is 0.263 e. The summed E-state index contributed by atoms with van der Waals surface area (Å²) in [7, 11) is 0. The van der Waals surface area contributed by atoms with Crippen molar-refractivity contribution in [3.63, 3.8) is 0 Å². The number of benzene rings is 1. The molecule has 0 bridgehead atoms. The maximum atomic E-state index is 13.9. The van der Waals surface area contributed by atoms with Crippen LogP contribution in [0, 0.1) is 18.6 Å². The van der Waals surface area contributed by atoms with Crippen LogP contribution in [0.3, 0.4) is 0 Å². The first-order valence-corrected chi connectivity index (χ1v) is 9.26. The van der Waals surface area contributed by atoms with E-state index in [1.807, 2.05) is 0 Å². The summed E-state index contributed by atoms with van der Waals surface area (Å²) in [6.45, 7) is 2.24. The summed E-state index contributed by atoms with van der Waals surface area (Å²) in [4.78, 5) is 17.0. The van der Waals surface area contributed by atoms with Gasteiger partial charge >= 0.3 is 0 Å². The summed E-state index contributed by atoms with van der Waals surface area (Å²) in [5, 5.41) is 3.07. The van der Waals surface area contributed by atoms with E-state index in [4.69, 9.17) is 0 Å². The third-order valence-electron chi connectivity index (χ3n) is 4.30. The summed E-state index contributed by atoms with van der Waals surface area (Å²) < 4.78 is 27.8. The molecular weight excluding hydrogens is 342 g/mol. The fourth-order valence-electron chi connectivity index (χ4n) is 2.96. The molecule has 0 saturated carbocycles. The predicted octanol–water partition coefficient (Wildman–Crippen LogP) is 5.02. The molecule has 132 valence electrons. The van der Waals surface area contributed by atoms with E-state index in [1.165, 1.54) is 36.6 Å². The lowest BCUT2D eigenvalue weighted by atomic mass is 9.97. The van der Waals surface area contributed by atoms with Crippen LogP contribution in [-0.4, -0.2) is 17.4 Å². The summed E-state index contributed by atoms with van der Waals surface area (Å²) in [6.07, 6.45) is 7.78. The van der Waals surface area contributed by atoms with E-state index in [0.29, 0.717) is 17.1 Å². The minimum absolute atomic E-state index is 0.179. The average Bonchev–Trinajstić information content (AvgIpc) is 2.97. The zero-order valence-corrected chi connectivity index (χ0v) is 14.9. The fraction of sp³-hybridized carbons (Fsp3) is 0.368. The van der Waals surface area contributed by atoms with Crippen molar-refractivity contribution in [1.82, 2.24) is 10.3 Å². The molecule has 3 rings (SSSR count). The van der Waals surface area contributed by atoms with Crippen LogP contribution >= 0.6 is 11.3 Å². The molecule has 0 saturated heterocycles. The van der Waals surface area contributed by atoms with Gasteiger partial charge in [0.05, 0.1) is 11.3 Å². The molecule has 6 heteroatoms. The van der Waals surface area contributed by atoms with E-state index in [0.717, 1.165) is 30.6 Å². The van der Waals surface area contributed by atoms with Crippen LogP contribution < -0.4 is 5.32 Å². The van der Waals surface area contributed by atoms with Crippen molar-refractivity contribution in [2.24, 2.45) is 0 Å². The van der Waals surface area contributed by atoms with Crippen molar-refractivity contribution in [3.05, 3.63) is 52.1 Å². The zero-order valence-electron chi connectivity index (χ0n) is 14.1. The highest BCUT2D eigenvalue weighted by Crippen LogP contribution is 2.31. The summed E-state index contributed by atoms with van der Waals surface area (Å²) in [5.74, 6) is -1.59. The van der Waals surface area contributed by atoms with Crippen LogP contribution in [0.2, 0.25) is 0 Å². The van der Waals surface area contributed by atoms with E-state index >= 15 is 0 Å². The lowest BCUT2D eigenvalue weighted by Crippen LogP contribution is -2.24. The van der Waals surface area contributed by atoms with Crippen molar-refractivity contribution in [3.8, 4) is 10.6 Å². The Kier molecular flexibility index (Phi) is 5.58. The average molecular weight is 362 g/mol. The first-order chi connectivity index (χ1) is 12.1. The molecule has 0 spiro atoms. The van der Waals surface area contributed by atoms with Crippen molar-refractivity contribution >= 4 is 17.2 Å². The van der Waals surface area contributed by atoms with Gasteiger partial charge in [0.15, 0.2) is 0 Å². The predicted molar refractivity (Wildman–Crippen MR) is 95.7 cm³/mol. The number of allylic oxidation sites excluding steroid dienone is 1. The largest absolute Gasteiger partial charge is 0.351 e. The molecule has 0 unspecified atom stereocenters. The zero-order chi connectivity index (χ0) is 17.8. The second kappa shape index (κ2) is 7.87. The third kappa shape index (κ3) is 4.12. The summed E-state index contributed by atoms with van der Waals surface area (Å²) in [5.41, 5.74) is 1.70. The Morgan fingerprint density at radius 1 is 1.28 bits per heavy atom. The number of rotatable bonds is 5. The van der Waals surface area contributed by atoms with Gasteiger partial charge < -0.3 is 5.32 Å². The number of halogens is 2. The van der Waals surface area contributed by atoms with Crippen molar-refractivity contribution < 1.29 is 13.6 Å². The standard InChI is InChI=1S/C19H20F2N2OS/c1-12-17(18(24)22-11-10-13-6-3-2-4-7-13)25-19(23-12)16-14(20)8-5-9-15(16)21/h5-6,8-9H,2-4,7,10-11H2,1H3,(H,22,24). The monoisotopic (exact) mass is 362 g/mol. The molecule has 1 heterocycles. The van der Waals surface area contributed by atoms with Gasteiger partial charge in [-0.05, 0) is 51.2 Å². The Morgan fingerprint density at radius 3 is 2.72 bits per heavy atom. The van der Waals surface area contributed by atoms with Gasteiger partial charge in [-0.2, -0.15) is 0 Å². The first-order valence-electron chi connectivity index (χ1n) is 8.44. The quantitative estimate of drug-likeness (QED) is 0.759. The topological polar surface area (TPSA) is 42.0 Å². The van der Waals surface area contributed by atoms with Gasteiger partial charge in [0, 0.05) is 6.54 Å². The molecule has 0 aliphatic heterocycles. The summed E-state index contributed by atoms with van der Waals surface area (Å²) in [6, 6.07) is 3.68. The number of hydrogen-bond donors (Lipinski definition) is 1. The van der Waals surface area contributed by atoms with Gasteiger partial charge in [-0.15, -0.1) is 11.3 Å². The van der Waals surface area contributed by atoms with Crippen LogP contribution in [0.15, 0.2) is 29.8 Å². The Labute approximate surface area is 149 Å². The number of amides is 1. The highest BCUT2D eigenvalue weighted by Gasteiger charge is 2.20. The maximum absolute atomic E-state index is 13.9. The molecular formula is C19H20F2N2OS. The summed E-state index contributed by atoms with van der Waals surface area (Å²) >= 11 is 1.02. The van der Waals surface area contributed by atoms with E-state index in [1.54, 1.807) is 6.92 Å². The van der Waals surface area contributed by atoms with E-state index in [-0.39, 0.29) is 16.5 Å². The highest BCUT2D eigenvalue weighted by molar-refractivity contribution is 7.17. The minimum Gasteiger partial charge on any atom is -0.351 e. The normalized spacial score (nSPS) is 14.3. The SMILES string of the molecule is Cc1nc(-c2c(F)cccc2F)sc1C(=O)NCCC1=CCCCC1. The number of carbonyl (C=O) groups excluding carboxylic acids is 1. The molecule has 1 amide bonds. The molecule has 1 aromatic heterocycles. The molecule has 1 aliphatic carbocycles. The van der Waals surface area contributed by atoms with E-state index in [2.05, 4.69) is 16.4 Å². The molecule has 0 radical (unpaired) electrons. The number of carbonyl (C=O) groups is 1. The van der Waals surface area contributed by atoms with Crippen molar-refractivity contribution in [1.29, 1.82) is 0 Å².